The molecule has 0 unspecified atom stereocenters. The molecular weight excluding hydrogens is 406 g/mol. The Morgan fingerprint density at radius 3 is 2.55 bits per heavy atom. The molecule has 0 saturated heterocycles. The zero-order valence-electron chi connectivity index (χ0n) is 16.8. The topological polar surface area (TPSA) is 143 Å². The van der Waals surface area contributed by atoms with Crippen molar-refractivity contribution in [3.63, 3.8) is 0 Å². The van der Waals surface area contributed by atoms with Crippen molar-refractivity contribution >= 4 is 17.8 Å². The van der Waals surface area contributed by atoms with E-state index in [-0.39, 0.29) is 38.0 Å². The summed E-state index contributed by atoms with van der Waals surface area (Å²) in [5.74, 6) is -1.34. The molecule has 0 aliphatic carbocycles. The molecule has 3 aromatic rings. The largest absolute Gasteiger partial charge is 0.464 e. The normalized spacial score (nSPS) is 10.5. The number of ether oxygens (including phenoxy) is 2. The molecule has 0 radical (unpaired) electrons. The van der Waals surface area contributed by atoms with E-state index in [9.17, 15) is 14.4 Å². The fraction of sp³-hybridized carbons (Fsp3) is 0.316. The maximum atomic E-state index is 12.2. The molecule has 31 heavy (non-hydrogen) atoms. The third-order valence-electron chi connectivity index (χ3n) is 3.95. The summed E-state index contributed by atoms with van der Waals surface area (Å²) in [6.07, 6.45) is 2.98. The maximum Gasteiger partial charge on any atom is 0.328 e. The van der Waals surface area contributed by atoms with Gasteiger partial charge in [0.15, 0.2) is 5.69 Å². The van der Waals surface area contributed by atoms with Gasteiger partial charge < -0.3 is 14.8 Å². The first-order valence-corrected chi connectivity index (χ1v) is 9.40. The standard InChI is InChI=1S/C19H21N7O5/c1-14(27)30-8-7-25-10-16(21-23-25)9-20-19(29)17-11-26(24-22-17)12-18(28)31-13-15-5-3-2-4-6-15/h2-6,10-11H,7-9,12-13H2,1H3,(H,20,29). The van der Waals surface area contributed by atoms with Gasteiger partial charge in [0.05, 0.1) is 25.5 Å². The molecule has 0 spiro atoms. The molecular formula is C19H21N7O5. The number of nitrogens with one attached hydrogen (secondary N) is 1. The second-order valence-electron chi connectivity index (χ2n) is 6.44. The van der Waals surface area contributed by atoms with Crippen molar-refractivity contribution in [3.8, 4) is 0 Å². The van der Waals surface area contributed by atoms with E-state index in [1.807, 2.05) is 30.3 Å². The van der Waals surface area contributed by atoms with Gasteiger partial charge in [-0.2, -0.15) is 0 Å². The van der Waals surface area contributed by atoms with Gasteiger partial charge in [0.1, 0.15) is 25.5 Å². The van der Waals surface area contributed by atoms with Crippen LogP contribution in [0.25, 0.3) is 0 Å². The van der Waals surface area contributed by atoms with Gasteiger partial charge in [0.2, 0.25) is 0 Å². The van der Waals surface area contributed by atoms with Crippen LogP contribution in [-0.4, -0.2) is 54.4 Å². The molecule has 162 valence electrons. The van der Waals surface area contributed by atoms with Crippen LogP contribution in [0.15, 0.2) is 42.7 Å². The van der Waals surface area contributed by atoms with Crippen LogP contribution in [0.2, 0.25) is 0 Å². The molecule has 1 N–H and O–H groups in total. The lowest BCUT2D eigenvalue weighted by Crippen LogP contribution is -2.23. The number of aromatic nitrogens is 6. The van der Waals surface area contributed by atoms with Crippen molar-refractivity contribution in [1.29, 1.82) is 0 Å². The van der Waals surface area contributed by atoms with Gasteiger partial charge in [-0.1, -0.05) is 40.8 Å². The Balaban J connectivity index is 1.42. The number of hydrogen-bond acceptors (Lipinski definition) is 9. The molecule has 3 rings (SSSR count). The zero-order valence-corrected chi connectivity index (χ0v) is 16.8. The Kier molecular flexibility index (Phi) is 7.40. The van der Waals surface area contributed by atoms with Crippen molar-refractivity contribution in [2.75, 3.05) is 6.61 Å². The average Bonchev–Trinajstić information content (AvgIpc) is 3.41. The highest BCUT2D eigenvalue weighted by molar-refractivity contribution is 5.91. The van der Waals surface area contributed by atoms with E-state index in [2.05, 4.69) is 25.9 Å². The van der Waals surface area contributed by atoms with Crippen LogP contribution in [0.4, 0.5) is 0 Å². The molecule has 0 aliphatic heterocycles. The van der Waals surface area contributed by atoms with E-state index in [1.54, 1.807) is 6.20 Å². The van der Waals surface area contributed by atoms with Crippen molar-refractivity contribution in [2.45, 2.75) is 33.2 Å². The van der Waals surface area contributed by atoms with Gasteiger partial charge in [-0.25, -0.2) is 9.36 Å². The lowest BCUT2D eigenvalue weighted by Gasteiger charge is -2.04. The number of carbonyl (C=O) groups excluding carboxylic acids is 3. The van der Waals surface area contributed by atoms with Crippen LogP contribution in [-0.2, 0) is 45.3 Å². The smallest absolute Gasteiger partial charge is 0.328 e. The molecule has 2 heterocycles. The minimum absolute atomic E-state index is 0.0538. The van der Waals surface area contributed by atoms with Gasteiger partial charge in [0.25, 0.3) is 5.91 Å². The monoisotopic (exact) mass is 427 g/mol. The molecule has 0 bridgehead atoms. The van der Waals surface area contributed by atoms with Gasteiger partial charge in [-0.15, -0.1) is 10.2 Å². The van der Waals surface area contributed by atoms with E-state index in [0.29, 0.717) is 12.2 Å². The van der Waals surface area contributed by atoms with Crippen LogP contribution in [0, 0.1) is 0 Å². The summed E-state index contributed by atoms with van der Waals surface area (Å²) >= 11 is 0. The van der Waals surface area contributed by atoms with E-state index in [0.717, 1.165) is 5.56 Å². The summed E-state index contributed by atoms with van der Waals surface area (Å²) in [6, 6.07) is 9.29. The Bertz CT molecular complexity index is 1030. The number of amides is 1. The molecule has 12 heteroatoms. The molecule has 0 atom stereocenters. The summed E-state index contributed by atoms with van der Waals surface area (Å²) in [4.78, 5) is 34.9. The zero-order chi connectivity index (χ0) is 22.1. The number of carbonyl (C=O) groups is 3. The minimum atomic E-state index is -0.494. The molecule has 1 aromatic carbocycles. The van der Waals surface area contributed by atoms with Crippen molar-refractivity contribution in [1.82, 2.24) is 35.3 Å². The number of rotatable bonds is 10. The molecule has 1 amide bonds. The second-order valence-corrected chi connectivity index (χ2v) is 6.44. The number of nitrogens with zero attached hydrogens (tertiary/aromatic N) is 6. The summed E-state index contributed by atoms with van der Waals surface area (Å²) in [7, 11) is 0. The predicted octanol–water partition coefficient (Wildman–Crippen LogP) is 0.106. The maximum absolute atomic E-state index is 12.2. The van der Waals surface area contributed by atoms with Crippen LogP contribution in [0.5, 0.6) is 0 Å². The molecule has 2 aromatic heterocycles. The summed E-state index contributed by atoms with van der Waals surface area (Å²) in [6.45, 7) is 1.98. The van der Waals surface area contributed by atoms with Gasteiger partial charge in [0, 0.05) is 6.92 Å². The Labute approximate surface area is 177 Å². The first kappa shape index (κ1) is 21.6. The van der Waals surface area contributed by atoms with Crippen molar-refractivity contribution in [2.24, 2.45) is 0 Å². The van der Waals surface area contributed by atoms with E-state index >= 15 is 0 Å². The highest BCUT2D eigenvalue weighted by Crippen LogP contribution is 2.02. The van der Waals surface area contributed by atoms with Crippen LogP contribution >= 0.6 is 0 Å². The van der Waals surface area contributed by atoms with E-state index in [1.165, 1.54) is 22.5 Å². The fourth-order valence-electron chi connectivity index (χ4n) is 2.47. The van der Waals surface area contributed by atoms with Gasteiger partial charge in [-0.05, 0) is 5.56 Å². The number of hydrogen-bond donors (Lipinski definition) is 1. The summed E-state index contributed by atoms with van der Waals surface area (Å²) in [5.41, 5.74) is 1.45. The van der Waals surface area contributed by atoms with Crippen LogP contribution in [0.3, 0.4) is 0 Å². The number of esters is 2. The van der Waals surface area contributed by atoms with Gasteiger partial charge in [-0.3, -0.25) is 14.4 Å². The van der Waals surface area contributed by atoms with Gasteiger partial charge >= 0.3 is 11.9 Å². The molecule has 0 fully saturated rings. The fourth-order valence-corrected chi connectivity index (χ4v) is 2.47. The van der Waals surface area contributed by atoms with Crippen molar-refractivity contribution in [3.05, 3.63) is 59.7 Å². The molecule has 0 aliphatic rings. The lowest BCUT2D eigenvalue weighted by molar-refractivity contribution is -0.146. The van der Waals surface area contributed by atoms with E-state index < -0.39 is 11.9 Å². The summed E-state index contributed by atoms with van der Waals surface area (Å²) < 4.78 is 12.7. The Morgan fingerprint density at radius 2 is 1.77 bits per heavy atom. The highest BCUT2D eigenvalue weighted by Gasteiger charge is 2.13. The third kappa shape index (κ3) is 7.03. The molecule has 12 nitrogen and oxygen atoms in total. The van der Waals surface area contributed by atoms with Crippen molar-refractivity contribution < 1.29 is 23.9 Å². The quantitative estimate of drug-likeness (QED) is 0.446. The van der Waals surface area contributed by atoms with Crippen LogP contribution < -0.4 is 5.32 Å². The first-order valence-electron chi connectivity index (χ1n) is 9.40. The van der Waals surface area contributed by atoms with E-state index in [4.69, 9.17) is 9.47 Å². The Morgan fingerprint density at radius 1 is 1.00 bits per heavy atom. The minimum Gasteiger partial charge on any atom is -0.464 e. The predicted molar refractivity (Wildman–Crippen MR) is 104 cm³/mol. The SMILES string of the molecule is CC(=O)OCCn1cc(CNC(=O)c2cn(CC(=O)OCc3ccccc3)nn2)nn1. The highest BCUT2D eigenvalue weighted by atomic mass is 16.5. The average molecular weight is 427 g/mol. The first-order chi connectivity index (χ1) is 15.0. The Hall–Kier alpha value is -4.09. The number of benzene rings is 1. The second kappa shape index (κ2) is 10.6. The summed E-state index contributed by atoms with van der Waals surface area (Å²) in [5, 5.41) is 18.0. The molecule has 0 saturated carbocycles. The van der Waals surface area contributed by atoms with Crippen LogP contribution in [0.1, 0.15) is 28.7 Å². The lowest BCUT2D eigenvalue weighted by atomic mass is 10.2. The third-order valence-corrected chi connectivity index (χ3v) is 3.95.